The van der Waals surface area contributed by atoms with E-state index in [4.69, 9.17) is 4.98 Å². The molecular weight excluding hydrogens is 348 g/mol. The zero-order chi connectivity index (χ0) is 19.9. The molecule has 6 heteroatoms. The molecule has 0 fully saturated rings. The minimum absolute atomic E-state index is 0.619. The topological polar surface area (TPSA) is 66.0 Å². The van der Waals surface area contributed by atoms with Gasteiger partial charge in [0.05, 0.1) is 5.69 Å². The van der Waals surface area contributed by atoms with Crippen LogP contribution in [0.25, 0.3) is 11.3 Å². The molecule has 3 aromatic rings. The van der Waals surface area contributed by atoms with Gasteiger partial charge in [0, 0.05) is 36.3 Å². The van der Waals surface area contributed by atoms with Crippen LogP contribution in [0.2, 0.25) is 0 Å². The highest BCUT2D eigenvalue weighted by Gasteiger charge is 2.09. The average Bonchev–Trinajstić information content (AvgIpc) is 2.69. The molecule has 2 N–H and O–H groups in total. The zero-order valence-corrected chi connectivity index (χ0v) is 17.0. The molecule has 0 aliphatic rings. The minimum Gasteiger partial charge on any atom is -0.354 e. The van der Waals surface area contributed by atoms with E-state index >= 15 is 0 Å². The predicted octanol–water partition coefficient (Wildman–Crippen LogP) is 4.26. The molecule has 0 unspecified atom stereocenters. The van der Waals surface area contributed by atoms with Crippen molar-refractivity contribution in [2.45, 2.75) is 20.3 Å². The maximum absolute atomic E-state index is 4.69. The number of anilines is 3. The van der Waals surface area contributed by atoms with Crippen LogP contribution < -0.4 is 10.6 Å². The summed E-state index contributed by atoms with van der Waals surface area (Å²) in [5.74, 6) is 1.38. The van der Waals surface area contributed by atoms with E-state index in [0.717, 1.165) is 42.3 Å². The highest BCUT2D eigenvalue weighted by molar-refractivity contribution is 5.69. The number of benzene rings is 1. The number of rotatable bonds is 8. The number of nitrogens with zero attached hydrogens (tertiary/aromatic N) is 4. The van der Waals surface area contributed by atoms with Gasteiger partial charge in [-0.15, -0.1) is 0 Å². The Morgan fingerprint density at radius 3 is 2.46 bits per heavy atom. The molecule has 28 heavy (non-hydrogen) atoms. The summed E-state index contributed by atoms with van der Waals surface area (Å²) in [5.41, 5.74) is 5.25. The van der Waals surface area contributed by atoms with E-state index in [1.54, 1.807) is 6.20 Å². The van der Waals surface area contributed by atoms with Gasteiger partial charge >= 0.3 is 0 Å². The Morgan fingerprint density at radius 2 is 1.79 bits per heavy atom. The van der Waals surface area contributed by atoms with Gasteiger partial charge in [-0.2, -0.15) is 4.98 Å². The second-order valence-corrected chi connectivity index (χ2v) is 7.18. The van der Waals surface area contributed by atoms with Gasteiger partial charge in [-0.3, -0.25) is 4.98 Å². The van der Waals surface area contributed by atoms with Crippen LogP contribution >= 0.6 is 0 Å². The van der Waals surface area contributed by atoms with E-state index in [0.29, 0.717) is 5.95 Å². The van der Waals surface area contributed by atoms with Crippen LogP contribution in [-0.4, -0.2) is 47.0 Å². The summed E-state index contributed by atoms with van der Waals surface area (Å²) in [5, 5.41) is 6.84. The fraction of sp³-hybridized carbons (Fsp3) is 0.318. The summed E-state index contributed by atoms with van der Waals surface area (Å²) >= 11 is 0. The van der Waals surface area contributed by atoms with E-state index in [9.17, 15) is 0 Å². The van der Waals surface area contributed by atoms with Crippen LogP contribution in [0, 0.1) is 13.8 Å². The van der Waals surface area contributed by atoms with E-state index in [1.165, 1.54) is 11.1 Å². The smallest absolute Gasteiger partial charge is 0.225 e. The quantitative estimate of drug-likeness (QED) is 0.573. The van der Waals surface area contributed by atoms with Crippen LogP contribution in [-0.2, 0) is 0 Å². The number of hydrogen-bond acceptors (Lipinski definition) is 6. The van der Waals surface area contributed by atoms with Crippen molar-refractivity contribution in [2.75, 3.05) is 37.8 Å². The molecule has 0 aliphatic carbocycles. The Bertz CT molecular complexity index is 888. The van der Waals surface area contributed by atoms with Gasteiger partial charge in [0.2, 0.25) is 5.95 Å². The first-order valence-corrected chi connectivity index (χ1v) is 9.54. The van der Waals surface area contributed by atoms with E-state index < -0.39 is 0 Å². The molecule has 0 saturated carbocycles. The van der Waals surface area contributed by atoms with Crippen LogP contribution in [0.5, 0.6) is 0 Å². The van der Waals surface area contributed by atoms with Crippen molar-refractivity contribution in [1.29, 1.82) is 0 Å². The van der Waals surface area contributed by atoms with Crippen molar-refractivity contribution >= 4 is 17.5 Å². The normalized spacial score (nSPS) is 10.9. The van der Waals surface area contributed by atoms with Gasteiger partial charge < -0.3 is 15.5 Å². The third-order valence-corrected chi connectivity index (χ3v) is 4.48. The van der Waals surface area contributed by atoms with Gasteiger partial charge in [0.15, 0.2) is 0 Å². The van der Waals surface area contributed by atoms with Crippen LogP contribution in [0.4, 0.5) is 17.5 Å². The molecule has 0 bridgehead atoms. The van der Waals surface area contributed by atoms with Gasteiger partial charge in [-0.05, 0) is 64.2 Å². The highest BCUT2D eigenvalue weighted by atomic mass is 15.1. The summed E-state index contributed by atoms with van der Waals surface area (Å²) < 4.78 is 0. The van der Waals surface area contributed by atoms with Crippen LogP contribution in [0.1, 0.15) is 17.5 Å². The number of aryl methyl sites for hydroxylation is 2. The van der Waals surface area contributed by atoms with Gasteiger partial charge in [0.1, 0.15) is 5.82 Å². The Labute approximate surface area is 167 Å². The lowest BCUT2D eigenvalue weighted by Crippen LogP contribution is -2.17. The van der Waals surface area contributed by atoms with Crippen LogP contribution in [0.3, 0.4) is 0 Å². The van der Waals surface area contributed by atoms with Crippen molar-refractivity contribution in [3.05, 3.63) is 59.9 Å². The average molecular weight is 377 g/mol. The zero-order valence-electron chi connectivity index (χ0n) is 17.0. The molecule has 0 amide bonds. The monoisotopic (exact) mass is 376 g/mol. The molecule has 6 nitrogen and oxygen atoms in total. The number of aromatic nitrogens is 3. The Morgan fingerprint density at radius 1 is 1.00 bits per heavy atom. The molecular formula is C22H28N6. The first-order chi connectivity index (χ1) is 13.5. The lowest BCUT2D eigenvalue weighted by atomic mass is 10.1. The lowest BCUT2D eigenvalue weighted by Gasteiger charge is -2.15. The first kappa shape index (κ1) is 19.8. The number of nitrogens with one attached hydrogen (secondary N) is 2. The van der Waals surface area contributed by atoms with E-state index in [1.807, 2.05) is 24.4 Å². The number of hydrogen-bond donors (Lipinski definition) is 2. The molecule has 0 radical (unpaired) electrons. The summed E-state index contributed by atoms with van der Waals surface area (Å²) in [6.45, 7) is 6.03. The lowest BCUT2D eigenvalue weighted by molar-refractivity contribution is 0.405. The fourth-order valence-corrected chi connectivity index (χ4v) is 2.99. The summed E-state index contributed by atoms with van der Waals surface area (Å²) in [6, 6.07) is 12.1. The minimum atomic E-state index is 0.619. The van der Waals surface area contributed by atoms with Crippen molar-refractivity contribution in [1.82, 2.24) is 19.9 Å². The summed E-state index contributed by atoms with van der Waals surface area (Å²) in [6.07, 6.45) is 4.61. The first-order valence-electron chi connectivity index (χ1n) is 9.54. The molecule has 146 valence electrons. The second kappa shape index (κ2) is 9.28. The maximum Gasteiger partial charge on any atom is 0.225 e. The molecule has 3 rings (SSSR count). The third-order valence-electron chi connectivity index (χ3n) is 4.48. The molecule has 0 saturated heterocycles. The number of para-hydroxylation sites is 1. The summed E-state index contributed by atoms with van der Waals surface area (Å²) in [4.78, 5) is 15.8. The molecule has 0 spiro atoms. The molecule has 2 heterocycles. The second-order valence-electron chi connectivity index (χ2n) is 7.18. The Kier molecular flexibility index (Phi) is 6.55. The maximum atomic E-state index is 4.69. The van der Waals surface area contributed by atoms with Gasteiger partial charge in [-0.25, -0.2) is 4.98 Å². The highest BCUT2D eigenvalue weighted by Crippen LogP contribution is 2.26. The number of pyridine rings is 1. The summed E-state index contributed by atoms with van der Waals surface area (Å²) in [7, 11) is 4.15. The molecule has 0 aliphatic heterocycles. The largest absolute Gasteiger partial charge is 0.354 e. The third kappa shape index (κ3) is 5.27. The SMILES string of the molecule is Cc1cccc(C)c1Nc1cc(-c2cccnc2)nc(NCCCN(C)C)n1. The van der Waals surface area contributed by atoms with Gasteiger partial charge in [0.25, 0.3) is 0 Å². The Balaban J connectivity index is 1.89. The molecule has 2 aromatic heterocycles. The van der Waals surface area contributed by atoms with Gasteiger partial charge in [-0.1, -0.05) is 18.2 Å². The van der Waals surface area contributed by atoms with E-state index in [2.05, 4.69) is 71.6 Å². The Hall–Kier alpha value is -2.99. The van der Waals surface area contributed by atoms with Crippen molar-refractivity contribution in [3.63, 3.8) is 0 Å². The van der Waals surface area contributed by atoms with Crippen LogP contribution in [0.15, 0.2) is 48.8 Å². The molecule has 0 atom stereocenters. The van der Waals surface area contributed by atoms with E-state index in [-0.39, 0.29) is 0 Å². The van der Waals surface area contributed by atoms with Crippen molar-refractivity contribution < 1.29 is 0 Å². The standard InChI is InChI=1S/C22H28N6/c1-16-8-5-9-17(2)21(16)26-20-14-19(18-10-6-11-23-15-18)25-22(27-20)24-12-7-13-28(3)4/h5-6,8-11,14-15H,7,12-13H2,1-4H3,(H2,24,25,26,27). The van der Waals surface area contributed by atoms with Crippen molar-refractivity contribution in [2.24, 2.45) is 0 Å². The molecule has 1 aromatic carbocycles. The predicted molar refractivity (Wildman–Crippen MR) is 116 cm³/mol. The van der Waals surface area contributed by atoms with Crippen molar-refractivity contribution in [3.8, 4) is 11.3 Å². The fourth-order valence-electron chi connectivity index (χ4n) is 2.99.